The number of rotatable bonds is 3. The lowest BCUT2D eigenvalue weighted by atomic mass is 10.1. The molecule has 0 aliphatic carbocycles. The Morgan fingerprint density at radius 3 is 2.18 bits per heavy atom. The van der Waals surface area contributed by atoms with Crippen LogP contribution >= 0.6 is 11.3 Å². The molecule has 6 heteroatoms. The van der Waals surface area contributed by atoms with E-state index in [-0.39, 0.29) is 6.29 Å². The maximum atomic E-state index is 12.4. The molecule has 2 aromatic carbocycles. The number of nitrogens with zero attached hydrogens (tertiary/aromatic N) is 1. The monoisotopic (exact) mass is 476 g/mol. The van der Waals surface area contributed by atoms with Crippen LogP contribution in [0.25, 0.3) is 10.4 Å². The normalized spacial score (nSPS) is 9.35. The van der Waals surface area contributed by atoms with Crippen molar-refractivity contribution in [2.75, 3.05) is 12.4 Å². The van der Waals surface area contributed by atoms with E-state index in [0.717, 1.165) is 28.3 Å². The van der Waals surface area contributed by atoms with E-state index in [1.807, 2.05) is 33.0 Å². The van der Waals surface area contributed by atoms with Crippen LogP contribution in [0.2, 0.25) is 0 Å². The van der Waals surface area contributed by atoms with Crippen LogP contribution < -0.4 is 5.32 Å². The minimum Gasteiger partial charge on any atom is -0.388 e. The molecule has 0 atom stereocenters. The highest BCUT2D eigenvalue weighted by atomic mass is 32.1. The van der Waals surface area contributed by atoms with Crippen molar-refractivity contribution >= 4 is 23.3 Å². The summed E-state index contributed by atoms with van der Waals surface area (Å²) in [7, 11) is 1.93. The Bertz CT molecular complexity index is 1240. The third-order valence-corrected chi connectivity index (χ3v) is 5.66. The van der Waals surface area contributed by atoms with E-state index in [1.165, 1.54) is 22.1 Å². The van der Waals surface area contributed by atoms with E-state index >= 15 is 0 Å². The highest BCUT2D eigenvalue weighted by molar-refractivity contribution is 7.16. The Morgan fingerprint density at radius 1 is 0.971 bits per heavy atom. The van der Waals surface area contributed by atoms with Gasteiger partial charge in [-0.1, -0.05) is 43.9 Å². The number of halogens is 2. The Kier molecular flexibility index (Phi) is 10.6. The molecule has 4 aromatic rings. The summed E-state index contributed by atoms with van der Waals surface area (Å²) >= 11 is 1.73. The molecule has 1 N–H and O–H groups in total. The maximum absolute atomic E-state index is 12.4. The van der Waals surface area contributed by atoms with Crippen molar-refractivity contribution < 1.29 is 13.6 Å². The van der Waals surface area contributed by atoms with Crippen LogP contribution in [0.15, 0.2) is 73.1 Å². The molecule has 0 aliphatic heterocycles. The highest BCUT2D eigenvalue weighted by Gasteiger charge is 2.07. The second-order valence-corrected chi connectivity index (χ2v) is 7.75. The van der Waals surface area contributed by atoms with Gasteiger partial charge in [0.25, 0.3) is 0 Å². The highest BCUT2D eigenvalue weighted by Crippen LogP contribution is 2.32. The molecule has 2 heterocycles. The number of pyridine rings is 1. The number of aldehydes is 1. The van der Waals surface area contributed by atoms with Gasteiger partial charge in [0, 0.05) is 35.6 Å². The van der Waals surface area contributed by atoms with Gasteiger partial charge >= 0.3 is 0 Å². The second-order valence-electron chi connectivity index (χ2n) is 6.70. The Morgan fingerprint density at radius 2 is 1.65 bits per heavy atom. The molecule has 2 aromatic heterocycles. The van der Waals surface area contributed by atoms with Crippen LogP contribution in [-0.2, 0) is 0 Å². The van der Waals surface area contributed by atoms with Crippen molar-refractivity contribution in [1.29, 1.82) is 0 Å². The quantitative estimate of drug-likeness (QED) is 0.248. The molecule has 0 amide bonds. The summed E-state index contributed by atoms with van der Waals surface area (Å²) in [5.74, 6) is 4.74. The van der Waals surface area contributed by atoms with Crippen molar-refractivity contribution in [2.45, 2.75) is 20.8 Å². The van der Waals surface area contributed by atoms with Gasteiger partial charge in [0.2, 0.25) is 0 Å². The summed E-state index contributed by atoms with van der Waals surface area (Å²) in [4.78, 5) is 16.4. The van der Waals surface area contributed by atoms with Crippen LogP contribution in [0.3, 0.4) is 0 Å². The van der Waals surface area contributed by atoms with Gasteiger partial charge in [-0.05, 0) is 60.5 Å². The SMILES string of the molecule is CC.CNc1ccc(-c2sc(C#Cc3cccnc3)cc2C)cc1.O=Cc1c(F)cccc1F. The molecule has 0 saturated carbocycles. The fourth-order valence-corrected chi connectivity index (χ4v) is 3.84. The second kappa shape index (κ2) is 13.7. The average molecular weight is 477 g/mol. The zero-order chi connectivity index (χ0) is 24.9. The number of benzene rings is 2. The molecule has 0 unspecified atom stereocenters. The predicted molar refractivity (Wildman–Crippen MR) is 137 cm³/mol. The molecule has 0 saturated heterocycles. The van der Waals surface area contributed by atoms with Gasteiger partial charge in [-0.3, -0.25) is 9.78 Å². The Balaban J connectivity index is 0.000000286. The third-order valence-electron chi connectivity index (χ3n) is 4.46. The molecule has 174 valence electrons. The lowest BCUT2D eigenvalue weighted by Gasteiger charge is -2.02. The van der Waals surface area contributed by atoms with E-state index < -0.39 is 17.2 Å². The summed E-state index contributed by atoms with van der Waals surface area (Å²) in [5.41, 5.74) is 4.04. The smallest absolute Gasteiger partial charge is 0.155 e. The van der Waals surface area contributed by atoms with Crippen molar-refractivity contribution in [3.05, 3.63) is 106 Å². The van der Waals surface area contributed by atoms with E-state index in [9.17, 15) is 13.6 Å². The van der Waals surface area contributed by atoms with Crippen LogP contribution in [-0.4, -0.2) is 18.3 Å². The van der Waals surface area contributed by atoms with Crippen molar-refractivity contribution in [2.24, 2.45) is 0 Å². The first-order valence-corrected chi connectivity index (χ1v) is 11.5. The fourth-order valence-electron chi connectivity index (χ4n) is 2.81. The van der Waals surface area contributed by atoms with Gasteiger partial charge in [-0.2, -0.15) is 0 Å². The van der Waals surface area contributed by atoms with Gasteiger partial charge in [0.1, 0.15) is 11.6 Å². The Hall–Kier alpha value is -3.82. The zero-order valence-electron chi connectivity index (χ0n) is 19.5. The molecule has 3 nitrogen and oxygen atoms in total. The van der Waals surface area contributed by atoms with E-state index in [2.05, 4.69) is 59.4 Å². The van der Waals surface area contributed by atoms with Crippen LogP contribution in [0.1, 0.15) is 40.2 Å². The fraction of sp³-hybridized carbons (Fsp3) is 0.143. The number of thiophene rings is 1. The molecule has 4 rings (SSSR count). The van der Waals surface area contributed by atoms with Crippen molar-refractivity contribution in [1.82, 2.24) is 4.98 Å². The molecular weight excluding hydrogens is 450 g/mol. The molecule has 0 spiro atoms. The van der Waals surface area contributed by atoms with Gasteiger partial charge in [-0.15, -0.1) is 11.3 Å². The summed E-state index contributed by atoms with van der Waals surface area (Å²) < 4.78 is 24.8. The van der Waals surface area contributed by atoms with Crippen molar-refractivity contribution in [3.8, 4) is 22.3 Å². The molecular formula is C28H26F2N2OS. The molecule has 0 aliphatic rings. The van der Waals surface area contributed by atoms with Crippen LogP contribution in [0, 0.1) is 30.4 Å². The summed E-state index contributed by atoms with van der Waals surface area (Å²) in [6, 6.07) is 17.8. The largest absolute Gasteiger partial charge is 0.388 e. The maximum Gasteiger partial charge on any atom is 0.155 e. The van der Waals surface area contributed by atoms with Gasteiger partial charge in [0.15, 0.2) is 6.29 Å². The Labute approximate surface area is 203 Å². The topological polar surface area (TPSA) is 42.0 Å². The molecule has 0 fully saturated rings. The lowest BCUT2D eigenvalue weighted by Crippen LogP contribution is -1.91. The zero-order valence-corrected chi connectivity index (χ0v) is 20.3. The third kappa shape index (κ3) is 7.36. The minimum absolute atomic E-state index is 0.157. The first kappa shape index (κ1) is 26.4. The molecule has 0 radical (unpaired) electrons. The first-order valence-electron chi connectivity index (χ1n) is 10.7. The number of carbonyl (C=O) groups excluding carboxylic acids is 1. The number of nitrogens with one attached hydrogen (secondary N) is 1. The first-order chi connectivity index (χ1) is 16.5. The number of aryl methyl sites for hydroxylation is 1. The average Bonchev–Trinajstić information content (AvgIpc) is 3.25. The van der Waals surface area contributed by atoms with Gasteiger partial charge < -0.3 is 5.32 Å². The predicted octanol–water partition coefficient (Wildman–Crippen LogP) is 7.36. The minimum atomic E-state index is -0.824. The van der Waals surface area contributed by atoms with E-state index in [0.29, 0.717) is 0 Å². The number of hydrogen-bond acceptors (Lipinski definition) is 4. The summed E-state index contributed by atoms with van der Waals surface area (Å²) in [5, 5.41) is 3.14. The standard InChI is InChI=1S/C19H16N2S.C7H4F2O.C2H6/c1-14-12-18(10-5-15-4-3-11-21-13-15)22-19(14)16-6-8-17(20-2)9-7-16;8-6-2-1-3-7(9)5(6)4-10;1-2/h3-4,6-9,11-13,20H,1-2H3;1-4H;1-2H3. The van der Waals surface area contributed by atoms with Gasteiger partial charge in [-0.25, -0.2) is 8.78 Å². The number of hydrogen-bond donors (Lipinski definition) is 1. The number of carbonyl (C=O) groups is 1. The van der Waals surface area contributed by atoms with Crippen molar-refractivity contribution in [3.63, 3.8) is 0 Å². The molecule has 0 bridgehead atoms. The summed E-state index contributed by atoms with van der Waals surface area (Å²) in [6.07, 6.45) is 3.70. The van der Waals surface area contributed by atoms with E-state index in [1.54, 1.807) is 23.7 Å². The number of aromatic nitrogens is 1. The van der Waals surface area contributed by atoms with E-state index in [4.69, 9.17) is 0 Å². The lowest BCUT2D eigenvalue weighted by molar-refractivity contribution is 0.111. The van der Waals surface area contributed by atoms with Gasteiger partial charge in [0.05, 0.1) is 10.4 Å². The van der Waals surface area contributed by atoms with Crippen LogP contribution in [0.5, 0.6) is 0 Å². The number of anilines is 1. The van der Waals surface area contributed by atoms with Crippen LogP contribution in [0.4, 0.5) is 14.5 Å². The molecule has 34 heavy (non-hydrogen) atoms. The summed E-state index contributed by atoms with van der Waals surface area (Å²) in [6.45, 7) is 6.13.